The van der Waals surface area contributed by atoms with E-state index in [2.05, 4.69) is 23.0 Å². The summed E-state index contributed by atoms with van der Waals surface area (Å²) in [7, 11) is 3.68. The van der Waals surface area contributed by atoms with Crippen LogP contribution in [0.25, 0.3) is 0 Å². The van der Waals surface area contributed by atoms with Gasteiger partial charge in [0.05, 0.1) is 13.0 Å². The second kappa shape index (κ2) is 4.43. The number of nitrogens with zero attached hydrogens (tertiary/aromatic N) is 1. The maximum Gasteiger partial charge on any atom is 0.309 e. The van der Waals surface area contributed by atoms with Crippen LogP contribution in [-0.2, 0) is 9.53 Å². The van der Waals surface area contributed by atoms with E-state index in [9.17, 15) is 4.79 Å². The standard InChI is InChI=1S/C14H20N2O2/c1-16-9-5-6-12(16)13(11-4-3-7-15-11)10(8-9)14(17)18-2/h3-4,7,9-10,12-13,15H,5-6,8H2,1-2H3/t9-,10+,12-,13-/m1/s1. The first-order valence-electron chi connectivity index (χ1n) is 6.65. The van der Waals surface area contributed by atoms with Gasteiger partial charge in [-0.05, 0) is 38.4 Å². The molecule has 3 heterocycles. The summed E-state index contributed by atoms with van der Waals surface area (Å²) in [6, 6.07) is 5.11. The van der Waals surface area contributed by atoms with Gasteiger partial charge in [-0.3, -0.25) is 9.69 Å². The fourth-order valence-corrected chi connectivity index (χ4v) is 3.84. The Labute approximate surface area is 107 Å². The first-order chi connectivity index (χ1) is 8.72. The molecule has 3 rings (SSSR count). The Bertz CT molecular complexity index is 429. The highest BCUT2D eigenvalue weighted by molar-refractivity contribution is 5.74. The summed E-state index contributed by atoms with van der Waals surface area (Å²) in [6.45, 7) is 0. The van der Waals surface area contributed by atoms with E-state index in [0.29, 0.717) is 12.1 Å². The van der Waals surface area contributed by atoms with Gasteiger partial charge in [0.1, 0.15) is 0 Å². The average Bonchev–Trinajstić information content (AvgIpc) is 2.97. The van der Waals surface area contributed by atoms with Crippen molar-refractivity contribution in [2.24, 2.45) is 5.92 Å². The van der Waals surface area contributed by atoms with Crippen molar-refractivity contribution in [2.45, 2.75) is 37.3 Å². The van der Waals surface area contributed by atoms with Crippen LogP contribution in [-0.4, -0.2) is 42.1 Å². The van der Waals surface area contributed by atoms with Crippen molar-refractivity contribution >= 4 is 5.97 Å². The molecule has 0 amide bonds. The summed E-state index contributed by atoms with van der Waals surface area (Å²) in [5.74, 6) is 0.193. The number of carbonyl (C=O) groups is 1. The number of H-pyrrole nitrogens is 1. The van der Waals surface area contributed by atoms with Crippen LogP contribution < -0.4 is 0 Å². The van der Waals surface area contributed by atoms with Crippen molar-refractivity contribution in [3.8, 4) is 0 Å². The molecular weight excluding hydrogens is 228 g/mol. The summed E-state index contributed by atoms with van der Waals surface area (Å²) < 4.78 is 5.01. The first-order valence-corrected chi connectivity index (χ1v) is 6.65. The van der Waals surface area contributed by atoms with Gasteiger partial charge in [0.2, 0.25) is 0 Å². The lowest BCUT2D eigenvalue weighted by Crippen LogP contribution is -2.47. The van der Waals surface area contributed by atoms with Gasteiger partial charge in [0.25, 0.3) is 0 Å². The normalized spacial score (nSPS) is 35.7. The second-order valence-corrected chi connectivity index (χ2v) is 5.48. The lowest BCUT2D eigenvalue weighted by Gasteiger charge is -2.41. The smallest absolute Gasteiger partial charge is 0.309 e. The molecule has 0 spiro atoms. The zero-order valence-corrected chi connectivity index (χ0v) is 10.9. The predicted molar refractivity (Wildman–Crippen MR) is 68.2 cm³/mol. The summed E-state index contributed by atoms with van der Waals surface area (Å²) in [5.41, 5.74) is 1.17. The molecule has 0 radical (unpaired) electrons. The van der Waals surface area contributed by atoms with Crippen molar-refractivity contribution in [1.82, 2.24) is 9.88 Å². The number of piperidine rings is 1. The number of rotatable bonds is 2. The van der Waals surface area contributed by atoms with E-state index < -0.39 is 0 Å². The number of esters is 1. The van der Waals surface area contributed by atoms with Gasteiger partial charge in [-0.1, -0.05) is 0 Å². The summed E-state index contributed by atoms with van der Waals surface area (Å²) in [5, 5.41) is 0. The molecule has 1 N–H and O–H groups in total. The molecule has 4 atom stereocenters. The van der Waals surface area contributed by atoms with E-state index in [1.165, 1.54) is 25.6 Å². The minimum Gasteiger partial charge on any atom is -0.469 e. The molecule has 0 aromatic carbocycles. The van der Waals surface area contributed by atoms with E-state index in [1.54, 1.807) is 0 Å². The highest BCUT2D eigenvalue weighted by Gasteiger charge is 2.49. The Morgan fingerprint density at radius 2 is 2.33 bits per heavy atom. The van der Waals surface area contributed by atoms with Crippen LogP contribution in [0.2, 0.25) is 0 Å². The number of aromatic amines is 1. The SMILES string of the molecule is COC(=O)[C@H]1C[C@H]2CC[C@H]([C@H]1c1ccc[nH]1)N2C. The summed E-state index contributed by atoms with van der Waals surface area (Å²) in [6.07, 6.45) is 5.23. The summed E-state index contributed by atoms with van der Waals surface area (Å²) in [4.78, 5) is 17.8. The number of nitrogens with one attached hydrogen (secondary N) is 1. The highest BCUT2D eigenvalue weighted by atomic mass is 16.5. The molecule has 2 aliphatic heterocycles. The van der Waals surface area contributed by atoms with Crippen LogP contribution in [0.5, 0.6) is 0 Å². The Kier molecular flexibility index (Phi) is 2.90. The van der Waals surface area contributed by atoms with Crippen LogP contribution in [0.4, 0.5) is 0 Å². The largest absolute Gasteiger partial charge is 0.469 e. The number of aromatic nitrogens is 1. The van der Waals surface area contributed by atoms with Crippen LogP contribution in [0.3, 0.4) is 0 Å². The monoisotopic (exact) mass is 248 g/mol. The van der Waals surface area contributed by atoms with Crippen LogP contribution in [0.1, 0.15) is 30.9 Å². The number of hydrogen-bond acceptors (Lipinski definition) is 3. The Hall–Kier alpha value is -1.29. The fourth-order valence-electron chi connectivity index (χ4n) is 3.84. The zero-order valence-electron chi connectivity index (χ0n) is 10.9. The van der Waals surface area contributed by atoms with E-state index in [4.69, 9.17) is 4.74 Å². The molecule has 4 nitrogen and oxygen atoms in total. The van der Waals surface area contributed by atoms with Crippen LogP contribution in [0.15, 0.2) is 18.3 Å². The molecule has 2 saturated heterocycles. The minimum atomic E-state index is -0.0559. The molecular formula is C14H20N2O2. The highest BCUT2D eigenvalue weighted by Crippen LogP contribution is 2.46. The van der Waals surface area contributed by atoms with Crippen molar-refractivity contribution in [3.05, 3.63) is 24.0 Å². The zero-order chi connectivity index (χ0) is 12.7. The van der Waals surface area contributed by atoms with Crippen molar-refractivity contribution < 1.29 is 9.53 Å². The number of methoxy groups -OCH3 is 1. The van der Waals surface area contributed by atoms with E-state index >= 15 is 0 Å². The number of fused-ring (bicyclic) bond motifs is 2. The maximum atomic E-state index is 12.0. The van der Waals surface area contributed by atoms with Gasteiger partial charge in [0, 0.05) is 29.9 Å². The number of likely N-dealkylation sites (N-methyl/N-ethyl adjacent to an activating group) is 1. The summed E-state index contributed by atoms with van der Waals surface area (Å²) >= 11 is 0. The predicted octanol–water partition coefficient (Wildman–Crippen LogP) is 1.75. The van der Waals surface area contributed by atoms with Gasteiger partial charge in [-0.2, -0.15) is 0 Å². The lowest BCUT2D eigenvalue weighted by atomic mass is 9.78. The van der Waals surface area contributed by atoms with E-state index in [1.807, 2.05) is 12.3 Å². The lowest BCUT2D eigenvalue weighted by molar-refractivity contribution is -0.149. The maximum absolute atomic E-state index is 12.0. The average molecular weight is 248 g/mol. The Morgan fingerprint density at radius 3 is 3.00 bits per heavy atom. The molecule has 0 saturated carbocycles. The fraction of sp³-hybridized carbons (Fsp3) is 0.643. The van der Waals surface area contributed by atoms with Crippen molar-refractivity contribution in [1.29, 1.82) is 0 Å². The van der Waals surface area contributed by atoms with Crippen LogP contribution in [0, 0.1) is 5.92 Å². The van der Waals surface area contributed by atoms with Gasteiger partial charge in [-0.15, -0.1) is 0 Å². The van der Waals surface area contributed by atoms with Crippen LogP contribution >= 0.6 is 0 Å². The van der Waals surface area contributed by atoms with Crippen molar-refractivity contribution in [2.75, 3.05) is 14.2 Å². The van der Waals surface area contributed by atoms with E-state index in [0.717, 1.165) is 6.42 Å². The third kappa shape index (κ3) is 1.67. The second-order valence-electron chi connectivity index (χ2n) is 5.48. The molecule has 18 heavy (non-hydrogen) atoms. The number of ether oxygens (including phenoxy) is 1. The molecule has 2 bridgehead atoms. The topological polar surface area (TPSA) is 45.3 Å². The molecule has 2 aliphatic rings. The Morgan fingerprint density at radius 1 is 1.50 bits per heavy atom. The minimum absolute atomic E-state index is 0.00218. The van der Waals surface area contributed by atoms with Crippen molar-refractivity contribution in [3.63, 3.8) is 0 Å². The van der Waals surface area contributed by atoms with Gasteiger partial charge in [0.15, 0.2) is 0 Å². The quantitative estimate of drug-likeness (QED) is 0.811. The third-order valence-corrected chi connectivity index (χ3v) is 4.75. The van der Waals surface area contributed by atoms with Gasteiger partial charge in [-0.25, -0.2) is 0 Å². The molecule has 98 valence electrons. The molecule has 1 aromatic rings. The molecule has 0 aliphatic carbocycles. The number of hydrogen-bond donors (Lipinski definition) is 1. The third-order valence-electron chi connectivity index (χ3n) is 4.75. The van der Waals surface area contributed by atoms with Gasteiger partial charge >= 0.3 is 5.97 Å². The van der Waals surface area contributed by atoms with E-state index in [-0.39, 0.29) is 17.8 Å². The van der Waals surface area contributed by atoms with Gasteiger partial charge < -0.3 is 9.72 Å². The molecule has 4 heteroatoms. The number of carbonyl (C=O) groups excluding carboxylic acids is 1. The first kappa shape index (κ1) is 11.8. The molecule has 0 unspecified atom stereocenters. The molecule has 2 fully saturated rings. The molecule has 1 aromatic heterocycles. The Balaban J connectivity index is 1.96.